The lowest BCUT2D eigenvalue weighted by molar-refractivity contribution is 0.103. The van der Waals surface area contributed by atoms with E-state index in [4.69, 9.17) is 0 Å². The second kappa shape index (κ2) is 6.76. The van der Waals surface area contributed by atoms with Gasteiger partial charge in [-0.1, -0.05) is 78.0 Å². The van der Waals surface area contributed by atoms with Gasteiger partial charge in [0, 0.05) is 16.7 Å². The quantitative estimate of drug-likeness (QED) is 0.515. The number of benzene rings is 3. The zero-order chi connectivity index (χ0) is 17.9. The maximum absolute atomic E-state index is 12.9. The van der Waals surface area contributed by atoms with Gasteiger partial charge in [0.2, 0.25) is 0 Å². The van der Waals surface area contributed by atoms with Crippen molar-refractivity contribution < 1.29 is 4.79 Å². The molecule has 3 aromatic carbocycles. The van der Waals surface area contributed by atoms with Crippen LogP contribution in [-0.2, 0) is 0 Å². The third kappa shape index (κ3) is 2.93. The Morgan fingerprint density at radius 2 is 1.54 bits per heavy atom. The number of hydrogen-bond acceptors (Lipinski definition) is 3. The summed E-state index contributed by atoms with van der Waals surface area (Å²) in [5.74, 6) is -0.0216. The number of carbonyl (C=O) groups is 1. The zero-order valence-corrected chi connectivity index (χ0v) is 14.3. The molecule has 4 rings (SSSR count). The number of aromatic nitrogens is 3. The Balaban J connectivity index is 1.76. The third-order valence-electron chi connectivity index (χ3n) is 4.34. The summed E-state index contributed by atoms with van der Waals surface area (Å²) in [5.41, 5.74) is 4.81. The first kappa shape index (κ1) is 16.0. The van der Waals surface area contributed by atoms with E-state index in [1.165, 1.54) is 0 Å². The molecule has 0 N–H and O–H groups in total. The summed E-state index contributed by atoms with van der Waals surface area (Å²) < 4.78 is 1.74. The number of hydrogen-bond donors (Lipinski definition) is 0. The molecule has 0 fully saturated rings. The van der Waals surface area contributed by atoms with Crippen LogP contribution in [0.3, 0.4) is 0 Å². The second-order valence-electron chi connectivity index (χ2n) is 6.08. The minimum Gasteiger partial charge on any atom is -0.289 e. The maximum Gasteiger partial charge on any atom is 0.193 e. The van der Waals surface area contributed by atoms with Gasteiger partial charge in [-0.25, -0.2) is 4.68 Å². The van der Waals surface area contributed by atoms with Gasteiger partial charge in [-0.05, 0) is 18.6 Å². The topological polar surface area (TPSA) is 47.8 Å². The lowest BCUT2D eigenvalue weighted by atomic mass is 9.97. The predicted octanol–water partition coefficient (Wildman–Crippen LogP) is 4.47. The van der Waals surface area contributed by atoms with Crippen LogP contribution in [0.5, 0.6) is 0 Å². The number of ketones is 1. The molecule has 0 aliphatic rings. The Morgan fingerprint density at radius 1 is 0.846 bits per heavy atom. The monoisotopic (exact) mass is 339 g/mol. The van der Waals surface area contributed by atoms with Gasteiger partial charge in [0.25, 0.3) is 0 Å². The van der Waals surface area contributed by atoms with Crippen LogP contribution >= 0.6 is 0 Å². The molecular formula is C22H17N3O. The molecule has 0 saturated heterocycles. The molecule has 1 heterocycles. The molecule has 0 radical (unpaired) electrons. The Morgan fingerprint density at radius 3 is 2.35 bits per heavy atom. The van der Waals surface area contributed by atoms with Crippen molar-refractivity contribution in [3.8, 4) is 16.9 Å². The summed E-state index contributed by atoms with van der Waals surface area (Å²) >= 11 is 0. The van der Waals surface area contributed by atoms with Crippen LogP contribution in [0.4, 0.5) is 0 Å². The van der Waals surface area contributed by atoms with E-state index in [0.717, 1.165) is 16.8 Å². The van der Waals surface area contributed by atoms with E-state index in [1.54, 1.807) is 4.68 Å². The summed E-state index contributed by atoms with van der Waals surface area (Å²) in [5, 5.41) is 8.55. The van der Waals surface area contributed by atoms with Gasteiger partial charge in [0.05, 0.1) is 11.9 Å². The molecule has 1 aromatic heterocycles. The Hall–Kier alpha value is -3.53. The highest BCUT2D eigenvalue weighted by Crippen LogP contribution is 2.25. The van der Waals surface area contributed by atoms with E-state index in [9.17, 15) is 4.79 Å². The number of nitrogens with zero attached hydrogens (tertiary/aromatic N) is 3. The van der Waals surface area contributed by atoms with Gasteiger partial charge >= 0.3 is 0 Å². The molecule has 0 atom stereocenters. The first-order valence-corrected chi connectivity index (χ1v) is 8.41. The summed E-state index contributed by atoms with van der Waals surface area (Å²) in [6, 6.07) is 24.8. The molecular weight excluding hydrogens is 322 g/mol. The van der Waals surface area contributed by atoms with Crippen molar-refractivity contribution in [1.82, 2.24) is 15.0 Å². The Labute approximate surface area is 151 Å². The fourth-order valence-electron chi connectivity index (χ4n) is 2.97. The van der Waals surface area contributed by atoms with Crippen LogP contribution in [0.2, 0.25) is 0 Å². The summed E-state index contributed by atoms with van der Waals surface area (Å²) in [7, 11) is 0. The van der Waals surface area contributed by atoms with Crippen LogP contribution in [0.1, 0.15) is 21.5 Å². The largest absolute Gasteiger partial charge is 0.289 e. The van der Waals surface area contributed by atoms with Crippen LogP contribution in [0.25, 0.3) is 16.9 Å². The molecule has 4 aromatic rings. The molecule has 4 heteroatoms. The molecule has 0 aliphatic heterocycles. The van der Waals surface area contributed by atoms with Crippen molar-refractivity contribution in [2.45, 2.75) is 6.92 Å². The molecule has 26 heavy (non-hydrogen) atoms. The smallest absolute Gasteiger partial charge is 0.193 e. The number of carbonyl (C=O) groups excluding carboxylic acids is 1. The van der Waals surface area contributed by atoms with Crippen LogP contribution in [-0.4, -0.2) is 20.8 Å². The normalized spacial score (nSPS) is 10.7. The fourth-order valence-corrected chi connectivity index (χ4v) is 2.97. The summed E-state index contributed by atoms with van der Waals surface area (Å²) in [6.45, 7) is 2.03. The van der Waals surface area contributed by atoms with Gasteiger partial charge in [-0.2, -0.15) is 0 Å². The average molecular weight is 339 g/mol. The van der Waals surface area contributed by atoms with Crippen molar-refractivity contribution >= 4 is 5.78 Å². The Kier molecular flexibility index (Phi) is 4.15. The lowest BCUT2D eigenvalue weighted by Crippen LogP contribution is -2.03. The lowest BCUT2D eigenvalue weighted by Gasteiger charge is -2.06. The SMILES string of the molecule is Cc1ccccc1-n1cc(-c2ccccc2C(=O)c2ccccc2)nn1. The highest BCUT2D eigenvalue weighted by atomic mass is 16.1. The van der Waals surface area contributed by atoms with Gasteiger partial charge in [-0.3, -0.25) is 4.79 Å². The van der Waals surface area contributed by atoms with Gasteiger partial charge in [0.15, 0.2) is 5.78 Å². The third-order valence-corrected chi connectivity index (χ3v) is 4.34. The second-order valence-corrected chi connectivity index (χ2v) is 6.08. The van der Waals surface area contributed by atoms with E-state index in [0.29, 0.717) is 16.8 Å². The molecule has 0 unspecified atom stereocenters. The molecule has 126 valence electrons. The molecule has 4 nitrogen and oxygen atoms in total. The van der Waals surface area contributed by atoms with Crippen molar-refractivity contribution in [3.63, 3.8) is 0 Å². The van der Waals surface area contributed by atoms with E-state index in [2.05, 4.69) is 10.3 Å². The van der Waals surface area contributed by atoms with Gasteiger partial charge in [0.1, 0.15) is 5.69 Å². The predicted molar refractivity (Wildman–Crippen MR) is 101 cm³/mol. The molecule has 0 bridgehead atoms. The Bertz CT molecular complexity index is 1070. The standard InChI is InChI=1S/C22H17N3O/c1-16-9-5-8-14-21(16)25-15-20(23-24-25)18-12-6-7-13-19(18)22(26)17-10-3-2-4-11-17/h2-15H,1H3. The molecule has 0 spiro atoms. The average Bonchev–Trinajstić information content (AvgIpc) is 3.18. The molecule has 0 amide bonds. The summed E-state index contributed by atoms with van der Waals surface area (Å²) in [4.78, 5) is 12.9. The highest BCUT2D eigenvalue weighted by molar-refractivity contribution is 6.12. The van der Waals surface area contributed by atoms with Crippen molar-refractivity contribution in [2.75, 3.05) is 0 Å². The van der Waals surface area contributed by atoms with Gasteiger partial charge < -0.3 is 0 Å². The van der Waals surface area contributed by atoms with Crippen LogP contribution in [0, 0.1) is 6.92 Å². The van der Waals surface area contributed by atoms with Crippen molar-refractivity contribution in [3.05, 3.63) is 102 Å². The van der Waals surface area contributed by atoms with E-state index in [1.807, 2.05) is 92.0 Å². The number of aryl methyl sites for hydroxylation is 1. The first-order valence-electron chi connectivity index (χ1n) is 8.41. The molecule has 0 aliphatic carbocycles. The fraction of sp³-hybridized carbons (Fsp3) is 0.0455. The van der Waals surface area contributed by atoms with Gasteiger partial charge in [-0.15, -0.1) is 5.10 Å². The van der Waals surface area contributed by atoms with E-state index >= 15 is 0 Å². The first-order chi connectivity index (χ1) is 12.7. The van der Waals surface area contributed by atoms with E-state index in [-0.39, 0.29) is 5.78 Å². The number of rotatable bonds is 4. The summed E-state index contributed by atoms with van der Waals surface area (Å²) in [6.07, 6.45) is 1.86. The number of para-hydroxylation sites is 1. The zero-order valence-electron chi connectivity index (χ0n) is 14.3. The van der Waals surface area contributed by atoms with E-state index < -0.39 is 0 Å². The minimum absolute atomic E-state index is 0.0216. The van der Waals surface area contributed by atoms with Crippen LogP contribution in [0.15, 0.2) is 85.1 Å². The van der Waals surface area contributed by atoms with Crippen LogP contribution < -0.4 is 0 Å². The van der Waals surface area contributed by atoms with Crippen molar-refractivity contribution in [1.29, 1.82) is 0 Å². The highest BCUT2D eigenvalue weighted by Gasteiger charge is 2.16. The minimum atomic E-state index is -0.0216. The molecule has 0 saturated carbocycles. The van der Waals surface area contributed by atoms with Crippen molar-refractivity contribution in [2.24, 2.45) is 0 Å². The maximum atomic E-state index is 12.9.